The van der Waals surface area contributed by atoms with Crippen molar-refractivity contribution in [1.82, 2.24) is 18.8 Å². The molecule has 0 aliphatic carbocycles. The van der Waals surface area contributed by atoms with E-state index in [1.807, 2.05) is 6.26 Å². The Hall–Kier alpha value is -2.48. The van der Waals surface area contributed by atoms with Gasteiger partial charge < -0.3 is 5.32 Å². The van der Waals surface area contributed by atoms with E-state index >= 15 is 0 Å². The molecule has 13 heteroatoms. The summed E-state index contributed by atoms with van der Waals surface area (Å²) in [6, 6.07) is 2.89. The van der Waals surface area contributed by atoms with Crippen molar-refractivity contribution in [2.75, 3.05) is 17.3 Å². The number of hydrogen-bond donors (Lipinski definition) is 2. The monoisotopic (exact) mass is 497 g/mol. The molecule has 0 saturated carbocycles. The highest BCUT2D eigenvalue weighted by Gasteiger charge is 2.27. The molecule has 0 unspecified atom stereocenters. The lowest BCUT2D eigenvalue weighted by molar-refractivity contribution is -0.117. The third-order valence-corrected chi connectivity index (χ3v) is 7.81. The molecule has 1 aromatic carbocycles. The molecule has 10 nitrogen and oxygen atoms in total. The van der Waals surface area contributed by atoms with Crippen LogP contribution in [0.25, 0.3) is 10.9 Å². The van der Waals surface area contributed by atoms with E-state index in [1.165, 1.54) is 60.0 Å². The molecule has 2 N–H and O–H groups in total. The van der Waals surface area contributed by atoms with Crippen LogP contribution in [0, 0.1) is 6.92 Å². The molecule has 2 heterocycles. The van der Waals surface area contributed by atoms with Crippen molar-refractivity contribution in [1.29, 1.82) is 0 Å². The van der Waals surface area contributed by atoms with Gasteiger partial charge in [0.1, 0.15) is 6.04 Å². The summed E-state index contributed by atoms with van der Waals surface area (Å²) in [7, 11) is -1.31. The fraction of sp³-hybridized carbons (Fsp3) is 0.368. The zero-order chi connectivity index (χ0) is 23.6. The van der Waals surface area contributed by atoms with Crippen LogP contribution in [0.2, 0.25) is 0 Å². The molecule has 0 fully saturated rings. The topological polar surface area (TPSA) is 132 Å². The second-order valence-electron chi connectivity index (χ2n) is 7.12. The quantitative estimate of drug-likeness (QED) is 0.475. The maximum atomic E-state index is 13.1. The second-order valence-corrected chi connectivity index (χ2v) is 10.7. The van der Waals surface area contributed by atoms with Crippen molar-refractivity contribution in [3.63, 3.8) is 0 Å². The van der Waals surface area contributed by atoms with Crippen LogP contribution in [-0.2, 0) is 28.9 Å². The predicted molar refractivity (Wildman–Crippen MR) is 127 cm³/mol. The van der Waals surface area contributed by atoms with Gasteiger partial charge in [-0.2, -0.15) is 16.5 Å². The molecule has 172 valence electrons. The highest BCUT2D eigenvalue weighted by Crippen LogP contribution is 2.18. The summed E-state index contributed by atoms with van der Waals surface area (Å²) in [6.45, 7) is 1.79. The number of nitrogens with zero attached hydrogens (tertiary/aromatic N) is 3. The molecule has 0 aliphatic rings. The van der Waals surface area contributed by atoms with Crippen LogP contribution in [0.1, 0.15) is 12.1 Å². The van der Waals surface area contributed by atoms with Crippen LogP contribution in [0.3, 0.4) is 0 Å². The number of rotatable bonds is 8. The highest BCUT2D eigenvalue weighted by molar-refractivity contribution is 7.98. The molecule has 0 spiro atoms. The minimum absolute atomic E-state index is 0.0841. The predicted octanol–water partition coefficient (Wildman–Crippen LogP) is 1.04. The number of thiazole rings is 1. The zero-order valence-corrected chi connectivity index (χ0v) is 20.4. The Balaban J connectivity index is 1.95. The van der Waals surface area contributed by atoms with Crippen molar-refractivity contribution in [2.24, 2.45) is 14.1 Å². The molecule has 1 amide bonds. The number of thioether (sulfide) groups is 1. The largest absolute Gasteiger partial charge is 0.330 e. The van der Waals surface area contributed by atoms with Gasteiger partial charge in [0.2, 0.25) is 15.9 Å². The maximum absolute atomic E-state index is 13.1. The number of sulfonamides is 1. The number of hydrogen-bond acceptors (Lipinski definition) is 8. The van der Waals surface area contributed by atoms with E-state index < -0.39 is 33.2 Å². The first-order valence-electron chi connectivity index (χ1n) is 9.49. The van der Waals surface area contributed by atoms with Crippen molar-refractivity contribution in [2.45, 2.75) is 24.3 Å². The van der Waals surface area contributed by atoms with Gasteiger partial charge in [0, 0.05) is 19.5 Å². The molecule has 1 atom stereocenters. The third kappa shape index (κ3) is 4.95. The third-order valence-electron chi connectivity index (χ3n) is 4.82. The van der Waals surface area contributed by atoms with Crippen molar-refractivity contribution >= 4 is 55.1 Å². The van der Waals surface area contributed by atoms with E-state index in [-0.39, 0.29) is 16.7 Å². The summed E-state index contributed by atoms with van der Waals surface area (Å²) in [5, 5.41) is 4.89. The molecule has 0 radical (unpaired) electrons. The molecular weight excluding hydrogens is 474 g/mol. The summed E-state index contributed by atoms with van der Waals surface area (Å²) in [5.41, 5.74) is -0.0509. The van der Waals surface area contributed by atoms with E-state index in [0.29, 0.717) is 16.4 Å². The van der Waals surface area contributed by atoms with Crippen LogP contribution in [-0.4, -0.2) is 46.5 Å². The van der Waals surface area contributed by atoms with Crippen LogP contribution < -0.4 is 21.3 Å². The lowest BCUT2D eigenvalue weighted by Crippen LogP contribution is -2.44. The van der Waals surface area contributed by atoms with E-state index in [4.69, 9.17) is 0 Å². The number of anilines is 1. The average Bonchev–Trinajstić information content (AvgIpc) is 3.17. The van der Waals surface area contributed by atoms with E-state index in [9.17, 15) is 22.8 Å². The van der Waals surface area contributed by atoms with Crippen molar-refractivity contribution in [3.8, 4) is 0 Å². The minimum Gasteiger partial charge on any atom is -0.301 e. The second kappa shape index (κ2) is 9.57. The van der Waals surface area contributed by atoms with E-state index in [2.05, 4.69) is 15.0 Å². The Bertz CT molecular complexity index is 1390. The van der Waals surface area contributed by atoms with E-state index in [0.717, 1.165) is 10.3 Å². The lowest BCUT2D eigenvalue weighted by Gasteiger charge is -2.18. The number of benzene rings is 1. The number of nitrogens with one attached hydrogen (secondary N) is 2. The number of carbonyl (C=O) groups is 1. The molecule has 32 heavy (non-hydrogen) atoms. The Morgan fingerprint density at radius 2 is 1.97 bits per heavy atom. The molecule has 0 bridgehead atoms. The standard InChI is InChI=1S/C19H23N5O5S3/c1-11-10-31-18(20-11)21-16(25)14(7-8-30-4)22-32(28,29)12-5-6-15-13(9-12)17(26)24(3)19(27)23(15)2/h5-6,9-10,14,22H,7-8H2,1-4H3,(H,20,21,25)/t14-/m1/s1. The molecule has 2 aromatic heterocycles. The average molecular weight is 498 g/mol. The van der Waals surface area contributed by atoms with Gasteiger partial charge in [-0.25, -0.2) is 18.2 Å². The zero-order valence-electron chi connectivity index (χ0n) is 17.9. The smallest absolute Gasteiger partial charge is 0.301 e. The van der Waals surface area contributed by atoms with Crippen LogP contribution in [0.4, 0.5) is 5.13 Å². The SMILES string of the molecule is CSCC[C@@H](NS(=O)(=O)c1ccc2c(c1)c(=O)n(C)c(=O)n2C)C(=O)Nc1nc(C)cs1. The molecule has 3 rings (SSSR count). The molecular formula is C19H23N5O5S3. The van der Waals surface area contributed by atoms with Crippen molar-refractivity contribution < 1.29 is 13.2 Å². The van der Waals surface area contributed by atoms with Crippen molar-refractivity contribution in [3.05, 3.63) is 50.1 Å². The first-order chi connectivity index (χ1) is 15.0. The van der Waals surface area contributed by atoms with Gasteiger partial charge in [-0.15, -0.1) is 11.3 Å². The Morgan fingerprint density at radius 3 is 2.59 bits per heavy atom. The Labute approximate surface area is 192 Å². The summed E-state index contributed by atoms with van der Waals surface area (Å²) in [6.07, 6.45) is 2.12. The van der Waals surface area contributed by atoms with E-state index in [1.54, 1.807) is 12.3 Å². The van der Waals surface area contributed by atoms with Crippen LogP contribution in [0.5, 0.6) is 0 Å². The number of fused-ring (bicyclic) bond motifs is 1. The molecule has 0 aliphatic heterocycles. The summed E-state index contributed by atoms with van der Waals surface area (Å²) >= 11 is 2.73. The first kappa shape index (κ1) is 24.2. The summed E-state index contributed by atoms with van der Waals surface area (Å²) in [5.74, 6) is 0.0359. The number of aryl methyl sites for hydroxylation is 2. The lowest BCUT2D eigenvalue weighted by atomic mass is 10.2. The summed E-state index contributed by atoms with van der Waals surface area (Å²) < 4.78 is 30.8. The Kier molecular flexibility index (Phi) is 7.22. The van der Waals surface area contributed by atoms with Gasteiger partial charge in [0.15, 0.2) is 5.13 Å². The van der Waals surface area contributed by atoms with Gasteiger partial charge in [-0.1, -0.05) is 0 Å². The van der Waals surface area contributed by atoms with Gasteiger partial charge in [-0.05, 0) is 43.6 Å². The van der Waals surface area contributed by atoms with Crippen LogP contribution >= 0.6 is 23.1 Å². The number of aromatic nitrogens is 3. The fourth-order valence-electron chi connectivity index (χ4n) is 3.08. The minimum atomic E-state index is -4.14. The van der Waals surface area contributed by atoms with Gasteiger partial charge in [-0.3, -0.25) is 18.7 Å². The van der Waals surface area contributed by atoms with Gasteiger partial charge in [0.05, 0.1) is 21.5 Å². The normalized spacial score (nSPS) is 12.8. The maximum Gasteiger partial charge on any atom is 0.330 e. The fourth-order valence-corrected chi connectivity index (χ4v) is 5.50. The molecule has 3 aromatic rings. The first-order valence-corrected chi connectivity index (χ1v) is 13.2. The van der Waals surface area contributed by atoms with Gasteiger partial charge >= 0.3 is 5.69 Å². The number of amides is 1. The Morgan fingerprint density at radius 1 is 1.25 bits per heavy atom. The van der Waals surface area contributed by atoms with Crippen LogP contribution in [0.15, 0.2) is 38.1 Å². The van der Waals surface area contributed by atoms with Gasteiger partial charge in [0.25, 0.3) is 5.56 Å². The number of carbonyl (C=O) groups excluding carboxylic acids is 1. The molecule has 0 saturated heterocycles. The highest BCUT2D eigenvalue weighted by atomic mass is 32.2. The summed E-state index contributed by atoms with van der Waals surface area (Å²) in [4.78, 5) is 41.4.